The molecule has 0 aliphatic heterocycles. The largest absolute Gasteiger partial charge is 0.438 e. The zero-order valence-corrected chi connectivity index (χ0v) is 19.5. The first-order chi connectivity index (χ1) is 16.8. The average molecular weight is 491 g/mol. The number of nitrogens with zero attached hydrogens (tertiary/aromatic N) is 4. The summed E-state index contributed by atoms with van der Waals surface area (Å²) in [5.74, 6) is 0.0397. The van der Waals surface area contributed by atoms with E-state index in [4.69, 9.17) is 4.74 Å². The highest BCUT2D eigenvalue weighted by molar-refractivity contribution is 7.90. The Hall–Kier alpha value is -4.31. The van der Waals surface area contributed by atoms with Crippen LogP contribution in [0.15, 0.2) is 89.2 Å². The highest BCUT2D eigenvalue weighted by atomic mass is 32.2. The summed E-state index contributed by atoms with van der Waals surface area (Å²) in [5, 5.41) is 0.391. The van der Waals surface area contributed by atoms with E-state index in [0.29, 0.717) is 22.3 Å². The molecule has 0 fully saturated rings. The molecule has 3 aromatic heterocycles. The van der Waals surface area contributed by atoms with Crippen LogP contribution in [0.2, 0.25) is 0 Å². The van der Waals surface area contributed by atoms with Crippen molar-refractivity contribution < 1.29 is 17.5 Å². The maximum atomic E-state index is 13.6. The van der Waals surface area contributed by atoms with Crippen LogP contribution >= 0.6 is 0 Å². The van der Waals surface area contributed by atoms with E-state index in [1.165, 1.54) is 59.7 Å². The number of halogens is 1. The molecule has 0 spiro atoms. The molecule has 0 amide bonds. The molecule has 0 saturated heterocycles. The lowest BCUT2D eigenvalue weighted by Gasteiger charge is -2.09. The molecular weight excluding hydrogens is 471 g/mol. The Morgan fingerprint density at radius 2 is 1.69 bits per heavy atom. The summed E-state index contributed by atoms with van der Waals surface area (Å²) in [7, 11) is -2.56. The fraction of sp³-hybridized carbons (Fsp3) is 0.0800. The van der Waals surface area contributed by atoms with Gasteiger partial charge in [0.25, 0.3) is 15.6 Å². The van der Waals surface area contributed by atoms with Crippen molar-refractivity contribution >= 4 is 20.9 Å². The van der Waals surface area contributed by atoms with Crippen LogP contribution in [0.4, 0.5) is 4.39 Å². The van der Waals surface area contributed by atoms with Crippen LogP contribution < -0.4 is 10.3 Å². The van der Waals surface area contributed by atoms with Crippen LogP contribution in [-0.2, 0) is 17.1 Å². The van der Waals surface area contributed by atoms with Crippen LogP contribution in [0.1, 0.15) is 5.56 Å². The number of hydrogen-bond donors (Lipinski definition) is 0. The highest BCUT2D eigenvalue weighted by Crippen LogP contribution is 2.37. The summed E-state index contributed by atoms with van der Waals surface area (Å²) in [6, 6.07) is 13.4. The van der Waals surface area contributed by atoms with Gasteiger partial charge in [-0.25, -0.2) is 26.7 Å². The van der Waals surface area contributed by atoms with Gasteiger partial charge in [0.2, 0.25) is 5.88 Å². The highest BCUT2D eigenvalue weighted by Gasteiger charge is 2.26. The third kappa shape index (κ3) is 3.97. The van der Waals surface area contributed by atoms with Gasteiger partial charge in [0.1, 0.15) is 23.4 Å². The van der Waals surface area contributed by atoms with Crippen LogP contribution in [-0.4, -0.2) is 26.9 Å². The van der Waals surface area contributed by atoms with E-state index in [1.807, 2.05) is 6.92 Å². The minimum absolute atomic E-state index is 0.0119. The Labute approximate surface area is 200 Å². The zero-order chi connectivity index (χ0) is 24.7. The summed E-state index contributed by atoms with van der Waals surface area (Å²) in [6.45, 7) is 1.85. The van der Waals surface area contributed by atoms with Gasteiger partial charge in [0, 0.05) is 36.6 Å². The van der Waals surface area contributed by atoms with Crippen molar-refractivity contribution in [3.05, 3.63) is 101 Å². The summed E-state index contributed by atoms with van der Waals surface area (Å²) in [4.78, 5) is 21.4. The van der Waals surface area contributed by atoms with Crippen molar-refractivity contribution in [3.63, 3.8) is 0 Å². The number of fused-ring (bicyclic) bond motifs is 1. The summed E-state index contributed by atoms with van der Waals surface area (Å²) in [5.41, 5.74) is 1.17. The van der Waals surface area contributed by atoms with Crippen LogP contribution in [0.3, 0.4) is 0 Å². The minimum Gasteiger partial charge on any atom is -0.438 e. The smallest absolute Gasteiger partial charge is 0.275 e. The van der Waals surface area contributed by atoms with Gasteiger partial charge < -0.3 is 9.30 Å². The molecule has 0 aliphatic rings. The molecular formula is C25H19FN4O4S. The third-order valence-corrected chi connectivity index (χ3v) is 7.25. The topological polar surface area (TPSA) is 96.1 Å². The van der Waals surface area contributed by atoms with Crippen LogP contribution in [0, 0.1) is 12.7 Å². The second-order valence-corrected chi connectivity index (χ2v) is 9.76. The van der Waals surface area contributed by atoms with Gasteiger partial charge in [-0.15, -0.1) is 0 Å². The van der Waals surface area contributed by atoms with Crippen molar-refractivity contribution in [3.8, 4) is 22.8 Å². The van der Waals surface area contributed by atoms with Crippen molar-refractivity contribution in [2.75, 3.05) is 0 Å². The number of ether oxygens (including phenoxy) is 1. The Balaban J connectivity index is 1.74. The maximum Gasteiger partial charge on any atom is 0.275 e. The molecule has 5 aromatic rings. The molecule has 8 nitrogen and oxygen atoms in total. The molecule has 0 radical (unpaired) electrons. The third-order valence-electron chi connectivity index (χ3n) is 5.57. The van der Waals surface area contributed by atoms with Gasteiger partial charge in [-0.05, 0) is 49.4 Å². The molecule has 10 heteroatoms. The molecule has 5 rings (SSSR count). The number of aromatic nitrogens is 4. The van der Waals surface area contributed by atoms with E-state index >= 15 is 0 Å². The van der Waals surface area contributed by atoms with Crippen molar-refractivity contribution in [2.24, 2.45) is 7.05 Å². The predicted molar refractivity (Wildman–Crippen MR) is 128 cm³/mol. The van der Waals surface area contributed by atoms with Gasteiger partial charge in [0.15, 0.2) is 0 Å². The van der Waals surface area contributed by atoms with E-state index in [2.05, 4.69) is 9.97 Å². The molecule has 0 N–H and O–H groups in total. The Kier molecular flexibility index (Phi) is 5.45. The fourth-order valence-corrected chi connectivity index (χ4v) is 5.09. The normalized spacial score (nSPS) is 11.6. The summed E-state index contributed by atoms with van der Waals surface area (Å²) < 4.78 is 48.7. The summed E-state index contributed by atoms with van der Waals surface area (Å²) in [6.07, 6.45) is 5.68. The number of aryl methyl sites for hydroxylation is 2. The molecule has 0 aliphatic carbocycles. The second-order valence-electron chi connectivity index (χ2n) is 7.95. The number of benzene rings is 2. The van der Waals surface area contributed by atoms with Gasteiger partial charge in [0.05, 0.1) is 10.5 Å². The lowest BCUT2D eigenvalue weighted by atomic mass is 10.1. The van der Waals surface area contributed by atoms with Gasteiger partial charge in [-0.2, -0.15) is 0 Å². The first kappa shape index (κ1) is 22.5. The van der Waals surface area contributed by atoms with E-state index in [9.17, 15) is 17.6 Å². The van der Waals surface area contributed by atoms with Gasteiger partial charge in [-0.1, -0.05) is 17.7 Å². The molecule has 2 aromatic carbocycles. The standard InChI is InChI=1S/C25H19FN4O4S/c1-16-3-9-19(10-4-16)35(32,33)30-14-22(20-11-12-29(2)25(31)23(20)30)21-13-27-15-28-24(21)34-18-7-5-17(26)6-8-18/h3-15H,1-2H3. The van der Waals surface area contributed by atoms with Crippen LogP contribution in [0.5, 0.6) is 11.6 Å². The number of pyridine rings is 1. The van der Waals surface area contributed by atoms with Gasteiger partial charge >= 0.3 is 0 Å². The molecule has 0 saturated carbocycles. The van der Waals surface area contributed by atoms with E-state index in [-0.39, 0.29) is 16.3 Å². The molecule has 0 bridgehead atoms. The molecule has 35 heavy (non-hydrogen) atoms. The molecule has 3 heterocycles. The number of hydrogen-bond acceptors (Lipinski definition) is 6. The van der Waals surface area contributed by atoms with Crippen molar-refractivity contribution in [1.29, 1.82) is 0 Å². The maximum absolute atomic E-state index is 13.6. The Bertz CT molecular complexity index is 1720. The lowest BCUT2D eigenvalue weighted by Crippen LogP contribution is -2.21. The Morgan fingerprint density at radius 3 is 2.40 bits per heavy atom. The molecule has 0 atom stereocenters. The zero-order valence-electron chi connectivity index (χ0n) is 18.7. The van der Waals surface area contributed by atoms with Gasteiger partial charge in [-0.3, -0.25) is 4.79 Å². The number of rotatable bonds is 5. The molecule has 176 valence electrons. The van der Waals surface area contributed by atoms with Crippen molar-refractivity contribution in [1.82, 2.24) is 18.5 Å². The predicted octanol–water partition coefficient (Wildman–Crippen LogP) is 4.27. The van der Waals surface area contributed by atoms with E-state index in [0.717, 1.165) is 9.54 Å². The van der Waals surface area contributed by atoms with E-state index in [1.54, 1.807) is 31.4 Å². The van der Waals surface area contributed by atoms with E-state index < -0.39 is 21.4 Å². The van der Waals surface area contributed by atoms with Crippen LogP contribution in [0.25, 0.3) is 22.0 Å². The monoisotopic (exact) mass is 490 g/mol. The second kappa shape index (κ2) is 8.48. The first-order valence-electron chi connectivity index (χ1n) is 10.5. The van der Waals surface area contributed by atoms with Crippen molar-refractivity contribution in [2.45, 2.75) is 11.8 Å². The quantitative estimate of drug-likeness (QED) is 0.365. The SMILES string of the molecule is Cc1ccc(S(=O)(=O)n2cc(-c3cncnc3Oc3ccc(F)cc3)c3ccn(C)c(=O)c32)cc1. The minimum atomic E-state index is -4.11. The first-order valence-corrected chi connectivity index (χ1v) is 12.0. The lowest BCUT2D eigenvalue weighted by molar-refractivity contribution is 0.462. The molecule has 0 unspecified atom stereocenters. The Morgan fingerprint density at radius 1 is 0.971 bits per heavy atom. The summed E-state index contributed by atoms with van der Waals surface area (Å²) >= 11 is 0. The average Bonchev–Trinajstić information content (AvgIpc) is 3.24. The fourth-order valence-electron chi connectivity index (χ4n) is 3.72.